The van der Waals surface area contributed by atoms with Crippen LogP contribution in [0.4, 0.5) is 44.3 Å². The average Bonchev–Trinajstić information content (AvgIpc) is 2.50. The van der Waals surface area contributed by atoms with E-state index in [9.17, 15) is 57.5 Å². The molecule has 0 bridgehead atoms. The highest BCUT2D eigenvalue weighted by Gasteiger charge is 2.86. The van der Waals surface area contributed by atoms with Crippen LogP contribution in [0, 0.1) is 0 Å². The van der Waals surface area contributed by atoms with Gasteiger partial charge in [-0.05, 0) is 27.7 Å². The quantitative estimate of drug-likeness (QED) is 0.339. The minimum atomic E-state index is -7.65. The van der Waals surface area contributed by atoms with Crippen molar-refractivity contribution in [3.05, 3.63) is 0 Å². The molecule has 30 heavy (non-hydrogen) atoms. The summed E-state index contributed by atoms with van der Waals surface area (Å²) in [5.41, 5.74) is -1.08. The van der Waals surface area contributed by atoms with Gasteiger partial charge in [-0.3, -0.25) is 10.0 Å². The zero-order valence-electron chi connectivity index (χ0n) is 15.3. The minimum Gasteiger partial charge on any atom is -0.443 e. The molecule has 0 aliphatic heterocycles. The van der Waals surface area contributed by atoms with E-state index in [1.54, 1.807) is 0 Å². The van der Waals surface area contributed by atoms with Crippen LogP contribution in [-0.4, -0.2) is 64.8 Å². The molecule has 0 heterocycles. The number of hydrogen-bond donors (Lipinski definition) is 2. The number of alkyl halides is 9. The molecule has 0 radical (unpaired) electrons. The van der Waals surface area contributed by atoms with E-state index in [-0.39, 0.29) is 6.92 Å². The van der Waals surface area contributed by atoms with Gasteiger partial charge in [-0.25, -0.2) is 10.3 Å². The molecular formula is C12H15F9N2O6S. The van der Waals surface area contributed by atoms with Crippen molar-refractivity contribution in [3.8, 4) is 0 Å². The van der Waals surface area contributed by atoms with Crippen LogP contribution in [0.25, 0.3) is 0 Å². The third kappa shape index (κ3) is 4.68. The van der Waals surface area contributed by atoms with E-state index in [4.69, 9.17) is 5.21 Å². The molecule has 0 rings (SSSR count). The molecule has 0 aromatic heterocycles. The van der Waals surface area contributed by atoms with Crippen molar-refractivity contribution >= 4 is 22.0 Å². The number of carbonyl (C=O) groups is 2. The van der Waals surface area contributed by atoms with Gasteiger partial charge in [0.25, 0.3) is 5.91 Å². The first-order valence-corrected chi connectivity index (χ1v) is 8.75. The van der Waals surface area contributed by atoms with Crippen LogP contribution in [0.2, 0.25) is 0 Å². The molecule has 1 unspecified atom stereocenters. The second kappa shape index (κ2) is 7.93. The molecule has 18 heteroatoms. The molecule has 0 saturated carbocycles. The lowest BCUT2D eigenvalue weighted by Gasteiger charge is -2.37. The Kier molecular flexibility index (Phi) is 7.41. The lowest BCUT2D eigenvalue weighted by Crippen LogP contribution is -2.67. The molecule has 0 aromatic rings. The molecule has 0 spiro atoms. The van der Waals surface area contributed by atoms with Crippen molar-refractivity contribution in [2.24, 2.45) is 0 Å². The van der Waals surface area contributed by atoms with Gasteiger partial charge >= 0.3 is 39.4 Å². The summed E-state index contributed by atoms with van der Waals surface area (Å²) in [4.78, 5) is 23.3. The normalized spacial score (nSPS) is 15.4. The van der Waals surface area contributed by atoms with Crippen LogP contribution in [0.1, 0.15) is 27.7 Å². The smallest absolute Gasteiger partial charge is 0.443 e. The molecule has 8 nitrogen and oxygen atoms in total. The number of hydroxylamine groups is 1. The molecule has 2 amide bonds. The van der Waals surface area contributed by atoms with Gasteiger partial charge in [-0.2, -0.15) is 52.2 Å². The molecular weight excluding hydrogens is 471 g/mol. The van der Waals surface area contributed by atoms with Gasteiger partial charge in [0.1, 0.15) is 11.6 Å². The number of halogens is 9. The Morgan fingerprint density at radius 2 is 1.33 bits per heavy atom. The predicted octanol–water partition coefficient (Wildman–Crippen LogP) is 2.87. The lowest BCUT2D eigenvalue weighted by atomic mass is 10.1. The van der Waals surface area contributed by atoms with Gasteiger partial charge in [0, 0.05) is 0 Å². The Hall–Kier alpha value is -1.98. The molecule has 0 aliphatic carbocycles. The highest BCUT2D eigenvalue weighted by molar-refractivity contribution is 7.90. The Morgan fingerprint density at radius 3 is 1.63 bits per heavy atom. The standard InChI is InChI=1S/C12H15F9N2O6S/c1-5(6(24)22-26)23(7(25)29-8(2,3)4)30(27,28)12(20,21)10(15,16)9(13,14)11(17,18)19/h5,26H,1-4H3,(H,22,24). The van der Waals surface area contributed by atoms with Gasteiger partial charge in [0.15, 0.2) is 0 Å². The number of ether oxygens (including phenoxy) is 1. The SMILES string of the molecule is CC(C(=O)NO)N(C(=O)OC(C)(C)C)S(=O)(=O)C(F)(F)C(F)(F)C(F)(F)C(F)(F)F. The molecule has 178 valence electrons. The summed E-state index contributed by atoms with van der Waals surface area (Å²) in [5.74, 6) is -17.3. The van der Waals surface area contributed by atoms with Crippen LogP contribution in [0.15, 0.2) is 0 Å². The van der Waals surface area contributed by atoms with Gasteiger partial charge in [-0.1, -0.05) is 0 Å². The van der Waals surface area contributed by atoms with E-state index in [0.717, 1.165) is 20.8 Å². The monoisotopic (exact) mass is 486 g/mol. The van der Waals surface area contributed by atoms with E-state index in [2.05, 4.69) is 4.74 Å². The predicted molar refractivity (Wildman–Crippen MR) is 77.3 cm³/mol. The van der Waals surface area contributed by atoms with Gasteiger partial charge < -0.3 is 4.74 Å². The van der Waals surface area contributed by atoms with E-state index in [1.165, 1.54) is 0 Å². The largest absolute Gasteiger partial charge is 0.460 e. The summed E-state index contributed by atoms with van der Waals surface area (Å²) in [6.45, 7) is 3.23. The summed E-state index contributed by atoms with van der Waals surface area (Å²) >= 11 is 0. The number of amides is 2. The number of nitrogens with zero attached hydrogens (tertiary/aromatic N) is 1. The fraction of sp³-hybridized carbons (Fsp3) is 0.833. The van der Waals surface area contributed by atoms with Gasteiger partial charge in [-0.15, -0.1) is 0 Å². The first-order chi connectivity index (χ1) is 12.9. The Bertz CT molecular complexity index is 776. The van der Waals surface area contributed by atoms with Crippen molar-refractivity contribution in [1.82, 2.24) is 9.79 Å². The highest BCUT2D eigenvalue weighted by atomic mass is 32.2. The molecule has 0 fully saturated rings. The summed E-state index contributed by atoms with van der Waals surface area (Å²) in [6.07, 6.45) is -9.84. The second-order valence-corrected chi connectivity index (χ2v) is 8.45. The maximum absolute atomic E-state index is 14.0. The Labute approximate surface area is 162 Å². The summed E-state index contributed by atoms with van der Waals surface area (Å²) < 4.78 is 145. The maximum atomic E-state index is 14.0. The number of carbonyl (C=O) groups excluding carboxylic acids is 2. The van der Waals surface area contributed by atoms with Crippen molar-refractivity contribution in [3.63, 3.8) is 0 Å². The maximum Gasteiger partial charge on any atom is 0.460 e. The molecule has 0 aromatic carbocycles. The topological polar surface area (TPSA) is 113 Å². The number of sulfonamides is 1. The van der Waals surface area contributed by atoms with Crippen molar-refractivity contribution in [1.29, 1.82) is 0 Å². The molecule has 1 atom stereocenters. The number of hydrogen-bond acceptors (Lipinski definition) is 6. The molecule has 0 saturated heterocycles. The highest BCUT2D eigenvalue weighted by Crippen LogP contribution is 2.55. The average molecular weight is 486 g/mol. The van der Waals surface area contributed by atoms with Gasteiger partial charge in [0.2, 0.25) is 0 Å². The van der Waals surface area contributed by atoms with Crippen LogP contribution in [-0.2, 0) is 19.6 Å². The van der Waals surface area contributed by atoms with Crippen LogP contribution >= 0.6 is 0 Å². The first-order valence-electron chi connectivity index (χ1n) is 7.31. The van der Waals surface area contributed by atoms with Crippen molar-refractivity contribution in [2.75, 3.05) is 0 Å². The van der Waals surface area contributed by atoms with E-state index in [0.29, 0.717) is 5.48 Å². The van der Waals surface area contributed by atoms with E-state index < -0.39 is 61.2 Å². The summed E-state index contributed by atoms with van der Waals surface area (Å²) in [6, 6.07) is -2.85. The molecule has 0 aliphatic rings. The number of rotatable bonds is 6. The fourth-order valence-electron chi connectivity index (χ4n) is 1.62. The fourth-order valence-corrected chi connectivity index (χ4v) is 3.06. The zero-order valence-corrected chi connectivity index (χ0v) is 16.1. The summed E-state index contributed by atoms with van der Waals surface area (Å²) in [7, 11) is -7.50. The van der Waals surface area contributed by atoms with Gasteiger partial charge in [0.05, 0.1) is 0 Å². The third-order valence-electron chi connectivity index (χ3n) is 3.11. The minimum absolute atomic E-state index is 0.239. The van der Waals surface area contributed by atoms with Crippen LogP contribution in [0.5, 0.6) is 0 Å². The second-order valence-electron chi connectivity index (χ2n) is 6.60. The zero-order chi connectivity index (χ0) is 24.7. The first kappa shape index (κ1) is 28.0. The number of nitrogens with one attached hydrogen (secondary N) is 1. The Morgan fingerprint density at radius 1 is 0.933 bits per heavy atom. The van der Waals surface area contributed by atoms with E-state index >= 15 is 0 Å². The Balaban J connectivity index is 6.80. The van der Waals surface area contributed by atoms with E-state index in [1.807, 2.05) is 0 Å². The van der Waals surface area contributed by atoms with Crippen molar-refractivity contribution in [2.45, 2.75) is 62.6 Å². The van der Waals surface area contributed by atoms with Crippen LogP contribution < -0.4 is 5.48 Å². The third-order valence-corrected chi connectivity index (χ3v) is 5.00. The van der Waals surface area contributed by atoms with Crippen LogP contribution in [0.3, 0.4) is 0 Å². The summed E-state index contributed by atoms with van der Waals surface area (Å²) in [5, 5.41) is 1.16. The molecule has 2 N–H and O–H groups in total. The lowest BCUT2D eigenvalue weighted by molar-refractivity contribution is -0.382. The van der Waals surface area contributed by atoms with Crippen molar-refractivity contribution < 1.29 is 67.5 Å².